The molecule has 2 aromatic carbocycles. The van der Waals surface area contributed by atoms with Crippen molar-refractivity contribution in [1.29, 1.82) is 0 Å². The monoisotopic (exact) mass is 301 g/mol. The van der Waals surface area contributed by atoms with E-state index in [4.69, 9.17) is 5.73 Å². The van der Waals surface area contributed by atoms with Crippen LogP contribution < -0.4 is 5.73 Å². The van der Waals surface area contributed by atoms with Crippen LogP contribution in [0.25, 0.3) is 11.1 Å². The van der Waals surface area contributed by atoms with Crippen LogP contribution in [0, 0.1) is 11.3 Å². The van der Waals surface area contributed by atoms with Gasteiger partial charge in [0.1, 0.15) is 0 Å². The Balaban J connectivity index is 1.84. The third-order valence-corrected chi connectivity index (χ3v) is 5.82. The molecule has 0 heterocycles. The lowest BCUT2D eigenvalue weighted by Crippen LogP contribution is -2.33. The second kappa shape index (κ2) is 5.50. The molecule has 0 aliphatic heterocycles. The molecule has 3 atom stereocenters. The van der Waals surface area contributed by atoms with Crippen molar-refractivity contribution in [2.75, 3.05) is 0 Å². The predicted molar refractivity (Wildman–Crippen MR) is 97.6 cm³/mol. The summed E-state index contributed by atoms with van der Waals surface area (Å²) in [5.74, 6) is 0.477. The number of rotatable bonds is 3. The van der Waals surface area contributed by atoms with E-state index in [1.165, 1.54) is 22.3 Å². The van der Waals surface area contributed by atoms with Gasteiger partial charge in [0.25, 0.3) is 0 Å². The molecule has 1 nitrogen and oxygen atoms in total. The molecule has 1 fully saturated rings. The van der Waals surface area contributed by atoms with E-state index in [1.807, 2.05) is 0 Å². The van der Waals surface area contributed by atoms with E-state index in [-0.39, 0.29) is 11.5 Å². The summed E-state index contributed by atoms with van der Waals surface area (Å²) in [6.07, 6.45) is 5.67. The van der Waals surface area contributed by atoms with Gasteiger partial charge in [0.15, 0.2) is 0 Å². The Bertz CT molecular complexity index is 744. The fourth-order valence-electron chi connectivity index (χ4n) is 4.71. The van der Waals surface area contributed by atoms with Crippen molar-refractivity contribution < 1.29 is 0 Å². The van der Waals surface area contributed by atoms with Gasteiger partial charge in [-0.15, -0.1) is 0 Å². The van der Waals surface area contributed by atoms with Crippen LogP contribution in [0.5, 0.6) is 0 Å². The van der Waals surface area contributed by atoms with Crippen LogP contribution in [0.4, 0.5) is 0 Å². The summed E-state index contributed by atoms with van der Waals surface area (Å²) in [5.41, 5.74) is 11.7. The number of nitrogens with two attached hydrogens (primary N) is 1. The SMILES string of the molecule is C=C(c1ccccc1)C12CCC(N)C1CC=C2c1ccccc1. The fraction of sp³-hybridized carbons (Fsp3) is 0.273. The first-order valence-electron chi connectivity index (χ1n) is 8.50. The van der Waals surface area contributed by atoms with E-state index in [9.17, 15) is 0 Å². The minimum Gasteiger partial charge on any atom is -0.327 e. The van der Waals surface area contributed by atoms with Gasteiger partial charge in [0, 0.05) is 11.5 Å². The highest BCUT2D eigenvalue weighted by Gasteiger charge is 2.53. The zero-order valence-corrected chi connectivity index (χ0v) is 13.4. The average Bonchev–Trinajstić information content (AvgIpc) is 3.15. The molecule has 2 N–H and O–H groups in total. The molecule has 116 valence electrons. The molecule has 0 aromatic heterocycles. The van der Waals surface area contributed by atoms with E-state index in [2.05, 4.69) is 73.3 Å². The molecule has 0 radical (unpaired) electrons. The van der Waals surface area contributed by atoms with Gasteiger partial charge in [-0.1, -0.05) is 73.3 Å². The number of hydrogen-bond donors (Lipinski definition) is 1. The molecule has 2 aromatic rings. The Hall–Kier alpha value is -2.12. The first-order valence-corrected chi connectivity index (χ1v) is 8.50. The summed E-state index contributed by atoms with van der Waals surface area (Å²) in [7, 11) is 0. The van der Waals surface area contributed by atoms with Gasteiger partial charge < -0.3 is 5.73 Å². The Labute approximate surface area is 138 Å². The molecule has 0 saturated heterocycles. The number of fused-ring (bicyclic) bond motifs is 1. The van der Waals surface area contributed by atoms with Crippen molar-refractivity contribution in [3.8, 4) is 0 Å². The maximum absolute atomic E-state index is 6.49. The average molecular weight is 301 g/mol. The second-order valence-electron chi connectivity index (χ2n) is 6.84. The summed E-state index contributed by atoms with van der Waals surface area (Å²) in [6, 6.07) is 21.7. The first-order chi connectivity index (χ1) is 11.2. The highest BCUT2D eigenvalue weighted by atomic mass is 14.7. The molecule has 1 saturated carbocycles. The van der Waals surface area contributed by atoms with Crippen LogP contribution >= 0.6 is 0 Å². The van der Waals surface area contributed by atoms with Crippen molar-refractivity contribution in [3.63, 3.8) is 0 Å². The van der Waals surface area contributed by atoms with Crippen molar-refractivity contribution in [3.05, 3.63) is 84.4 Å². The van der Waals surface area contributed by atoms with Crippen LogP contribution in [0.3, 0.4) is 0 Å². The minimum absolute atomic E-state index is 0.00211. The van der Waals surface area contributed by atoms with Gasteiger partial charge in [-0.25, -0.2) is 0 Å². The summed E-state index contributed by atoms with van der Waals surface area (Å²) >= 11 is 0. The van der Waals surface area contributed by atoms with Gasteiger partial charge in [-0.05, 0) is 47.5 Å². The summed E-state index contributed by atoms with van der Waals surface area (Å²) in [6.45, 7) is 4.55. The summed E-state index contributed by atoms with van der Waals surface area (Å²) in [4.78, 5) is 0. The zero-order valence-electron chi connectivity index (χ0n) is 13.4. The first kappa shape index (κ1) is 14.5. The third kappa shape index (κ3) is 2.11. The second-order valence-corrected chi connectivity index (χ2v) is 6.84. The molecule has 4 rings (SSSR count). The van der Waals surface area contributed by atoms with Gasteiger partial charge >= 0.3 is 0 Å². The van der Waals surface area contributed by atoms with Crippen LogP contribution in [0.2, 0.25) is 0 Å². The standard InChI is InChI=1S/C22H23N/c1-16(17-8-4-2-5-9-17)22-15-14-21(23)20(22)13-12-19(22)18-10-6-3-7-11-18/h2-12,20-21H,1,13-15,23H2. The topological polar surface area (TPSA) is 26.0 Å². The van der Waals surface area contributed by atoms with Crippen molar-refractivity contribution >= 4 is 11.1 Å². The van der Waals surface area contributed by atoms with E-state index >= 15 is 0 Å². The predicted octanol–water partition coefficient (Wildman–Crippen LogP) is 4.91. The lowest BCUT2D eigenvalue weighted by atomic mass is 9.66. The Kier molecular flexibility index (Phi) is 3.46. The highest BCUT2D eigenvalue weighted by Crippen LogP contribution is 2.63. The summed E-state index contributed by atoms with van der Waals surface area (Å²) in [5, 5.41) is 0. The highest BCUT2D eigenvalue weighted by molar-refractivity contribution is 5.88. The zero-order chi connectivity index (χ0) is 15.9. The largest absolute Gasteiger partial charge is 0.327 e. The van der Waals surface area contributed by atoms with Gasteiger partial charge in [-0.2, -0.15) is 0 Å². The molecule has 0 spiro atoms. The lowest BCUT2D eigenvalue weighted by Gasteiger charge is -2.37. The van der Waals surface area contributed by atoms with Crippen molar-refractivity contribution in [2.45, 2.75) is 25.3 Å². The lowest BCUT2D eigenvalue weighted by molar-refractivity contribution is 0.380. The van der Waals surface area contributed by atoms with Crippen LogP contribution in [-0.2, 0) is 0 Å². The van der Waals surface area contributed by atoms with Gasteiger partial charge in [0.05, 0.1) is 0 Å². The van der Waals surface area contributed by atoms with E-state index in [1.54, 1.807) is 0 Å². The van der Waals surface area contributed by atoms with Crippen LogP contribution in [-0.4, -0.2) is 6.04 Å². The molecule has 23 heavy (non-hydrogen) atoms. The fourth-order valence-corrected chi connectivity index (χ4v) is 4.71. The van der Waals surface area contributed by atoms with Crippen molar-refractivity contribution in [2.24, 2.45) is 17.1 Å². The van der Waals surface area contributed by atoms with Gasteiger partial charge in [0.2, 0.25) is 0 Å². The van der Waals surface area contributed by atoms with E-state index in [0.29, 0.717) is 5.92 Å². The van der Waals surface area contributed by atoms with E-state index in [0.717, 1.165) is 19.3 Å². The number of benzene rings is 2. The quantitative estimate of drug-likeness (QED) is 0.856. The Morgan fingerprint density at radius 1 is 1.00 bits per heavy atom. The molecular formula is C22H23N. The van der Waals surface area contributed by atoms with Gasteiger partial charge in [-0.3, -0.25) is 0 Å². The molecule has 2 aliphatic carbocycles. The third-order valence-electron chi connectivity index (χ3n) is 5.82. The molecular weight excluding hydrogens is 278 g/mol. The molecule has 2 aliphatic rings. The molecule has 3 unspecified atom stereocenters. The molecule has 1 heteroatoms. The van der Waals surface area contributed by atoms with Crippen LogP contribution in [0.1, 0.15) is 30.4 Å². The normalized spacial score (nSPS) is 29.2. The smallest absolute Gasteiger partial charge is 0.0252 e. The maximum atomic E-state index is 6.49. The maximum Gasteiger partial charge on any atom is 0.0252 e. The van der Waals surface area contributed by atoms with E-state index < -0.39 is 0 Å². The van der Waals surface area contributed by atoms with Crippen LogP contribution in [0.15, 0.2) is 73.3 Å². The van der Waals surface area contributed by atoms with Crippen molar-refractivity contribution in [1.82, 2.24) is 0 Å². The Morgan fingerprint density at radius 2 is 1.65 bits per heavy atom. The number of allylic oxidation sites excluding steroid dienone is 3. The Morgan fingerprint density at radius 3 is 2.35 bits per heavy atom. The number of hydrogen-bond acceptors (Lipinski definition) is 1. The molecule has 0 amide bonds. The molecule has 0 bridgehead atoms. The minimum atomic E-state index is 0.00211. The summed E-state index contributed by atoms with van der Waals surface area (Å²) < 4.78 is 0.